The highest BCUT2D eigenvalue weighted by atomic mass is 16.6. The van der Waals surface area contributed by atoms with E-state index in [0.29, 0.717) is 50.0 Å². The number of hydrogen-bond donors (Lipinski definition) is 0. The molecule has 5 rings (SSSR count). The van der Waals surface area contributed by atoms with E-state index < -0.39 is 0 Å². The second kappa shape index (κ2) is 29.8. The van der Waals surface area contributed by atoms with Crippen LogP contribution in [0.25, 0.3) is 0 Å². The van der Waals surface area contributed by atoms with E-state index in [1.807, 2.05) is 0 Å². The molecule has 62 heavy (non-hydrogen) atoms. The van der Waals surface area contributed by atoms with Gasteiger partial charge in [0.05, 0.1) is 45.2 Å². The Balaban J connectivity index is 0.908. The lowest BCUT2D eigenvalue weighted by atomic mass is 9.47. The molecule has 0 bridgehead atoms. The molecule has 360 valence electrons. The lowest BCUT2D eigenvalue weighted by Gasteiger charge is -2.58. The third-order valence-electron chi connectivity index (χ3n) is 17.3. The van der Waals surface area contributed by atoms with Crippen molar-refractivity contribution in [2.24, 2.45) is 40.4 Å². The summed E-state index contributed by atoms with van der Waals surface area (Å²) in [5.74, 6) is 4.57. The summed E-state index contributed by atoms with van der Waals surface area (Å²) < 4.78 is 25.3. The van der Waals surface area contributed by atoms with Crippen molar-refractivity contribution >= 4 is 0 Å². The molecule has 0 aromatic heterocycles. The van der Waals surface area contributed by atoms with Crippen molar-refractivity contribution in [2.75, 3.05) is 59.3 Å². The van der Waals surface area contributed by atoms with Gasteiger partial charge in [-0.05, 0) is 156 Å². The highest BCUT2D eigenvalue weighted by Crippen LogP contribution is 2.67. The Morgan fingerprint density at radius 2 is 1.40 bits per heavy atom. The van der Waals surface area contributed by atoms with Crippen LogP contribution in [0, 0.1) is 40.4 Å². The van der Waals surface area contributed by atoms with Gasteiger partial charge in [0, 0.05) is 13.2 Å². The number of fused-ring (bicyclic) bond motifs is 5. The summed E-state index contributed by atoms with van der Waals surface area (Å²) in [5.41, 5.74) is 2.73. The van der Waals surface area contributed by atoms with Gasteiger partial charge in [-0.15, -0.1) is 0 Å². The van der Waals surface area contributed by atoms with Gasteiger partial charge < -0.3 is 23.8 Å². The van der Waals surface area contributed by atoms with Crippen molar-refractivity contribution < 1.29 is 18.9 Å². The molecule has 0 aromatic rings. The SMILES string of the molecule is CCCCCCCC/C=C\CCCCCCCCOCC(CN1CCCCCC1)OCCOCCOC1CCC2(C)C(=CCC3C4CCC(CCCCC(C)C)[C@@]4(C)CC[C@@H]32)C1. The first-order valence-corrected chi connectivity index (χ1v) is 27.8. The van der Waals surface area contributed by atoms with Crippen molar-refractivity contribution in [1.82, 2.24) is 4.90 Å². The molecule has 0 radical (unpaired) electrons. The fourth-order valence-electron chi connectivity index (χ4n) is 13.4. The van der Waals surface area contributed by atoms with Gasteiger partial charge in [0.15, 0.2) is 0 Å². The third-order valence-corrected chi connectivity index (χ3v) is 17.3. The minimum atomic E-state index is 0.120. The van der Waals surface area contributed by atoms with Gasteiger partial charge in [0.1, 0.15) is 0 Å². The molecule has 5 nitrogen and oxygen atoms in total. The molecule has 1 saturated heterocycles. The summed E-state index contributed by atoms with van der Waals surface area (Å²) in [7, 11) is 0. The molecule has 3 saturated carbocycles. The van der Waals surface area contributed by atoms with E-state index in [1.165, 1.54) is 193 Å². The summed E-state index contributed by atoms with van der Waals surface area (Å²) in [6.45, 7) is 20.0. The molecule has 5 aliphatic rings. The quantitative estimate of drug-likeness (QED) is 0.0485. The van der Waals surface area contributed by atoms with Crippen LogP contribution >= 0.6 is 0 Å². The average molecular weight is 866 g/mol. The topological polar surface area (TPSA) is 40.2 Å². The van der Waals surface area contributed by atoms with E-state index in [0.717, 1.165) is 55.6 Å². The van der Waals surface area contributed by atoms with Crippen LogP contribution < -0.4 is 0 Å². The molecule has 4 aliphatic carbocycles. The molecular formula is C57H103NO4. The predicted molar refractivity (Wildman–Crippen MR) is 264 cm³/mol. The lowest BCUT2D eigenvalue weighted by Crippen LogP contribution is -2.50. The first-order chi connectivity index (χ1) is 30.3. The Bertz CT molecular complexity index is 1210. The van der Waals surface area contributed by atoms with Crippen LogP contribution in [0.1, 0.15) is 227 Å². The minimum absolute atomic E-state index is 0.120. The minimum Gasteiger partial charge on any atom is -0.379 e. The summed E-state index contributed by atoms with van der Waals surface area (Å²) in [6.07, 6.45) is 48.8. The molecule has 6 unspecified atom stereocenters. The van der Waals surface area contributed by atoms with Gasteiger partial charge in [-0.3, -0.25) is 0 Å². The van der Waals surface area contributed by atoms with E-state index in [9.17, 15) is 0 Å². The van der Waals surface area contributed by atoms with Crippen LogP contribution in [-0.4, -0.2) is 76.4 Å². The average Bonchev–Trinajstić information content (AvgIpc) is 3.39. The molecule has 1 heterocycles. The van der Waals surface area contributed by atoms with Gasteiger partial charge in [0.25, 0.3) is 0 Å². The van der Waals surface area contributed by atoms with Crippen LogP contribution in [0.5, 0.6) is 0 Å². The van der Waals surface area contributed by atoms with Gasteiger partial charge >= 0.3 is 0 Å². The summed E-state index contributed by atoms with van der Waals surface area (Å²) in [5, 5.41) is 0. The maximum atomic E-state index is 6.52. The normalized spacial score (nSPS) is 29.7. The predicted octanol–water partition coefficient (Wildman–Crippen LogP) is 15.5. The highest BCUT2D eigenvalue weighted by molar-refractivity contribution is 5.25. The summed E-state index contributed by atoms with van der Waals surface area (Å²) in [6, 6.07) is 0. The first-order valence-electron chi connectivity index (χ1n) is 27.8. The van der Waals surface area contributed by atoms with Crippen LogP contribution in [0.4, 0.5) is 0 Å². The zero-order valence-electron chi connectivity index (χ0n) is 41.9. The van der Waals surface area contributed by atoms with E-state index in [-0.39, 0.29) is 6.10 Å². The van der Waals surface area contributed by atoms with Crippen LogP contribution in [0.2, 0.25) is 0 Å². The monoisotopic (exact) mass is 866 g/mol. The second-order valence-electron chi connectivity index (χ2n) is 22.3. The highest BCUT2D eigenvalue weighted by Gasteiger charge is 2.58. The van der Waals surface area contributed by atoms with E-state index in [1.54, 1.807) is 5.57 Å². The first kappa shape index (κ1) is 52.3. The number of allylic oxidation sites excluding steroid dienone is 3. The van der Waals surface area contributed by atoms with E-state index >= 15 is 0 Å². The van der Waals surface area contributed by atoms with Crippen LogP contribution in [-0.2, 0) is 18.9 Å². The number of unbranched alkanes of at least 4 members (excludes halogenated alkanes) is 13. The molecule has 1 aliphatic heterocycles. The second-order valence-corrected chi connectivity index (χ2v) is 22.3. The fourth-order valence-corrected chi connectivity index (χ4v) is 13.4. The Hall–Kier alpha value is -0.720. The zero-order chi connectivity index (χ0) is 43.7. The van der Waals surface area contributed by atoms with E-state index in [2.05, 4.69) is 57.7 Å². The molecule has 5 heteroatoms. The van der Waals surface area contributed by atoms with Crippen molar-refractivity contribution in [3.63, 3.8) is 0 Å². The third kappa shape index (κ3) is 17.5. The molecule has 8 atom stereocenters. The molecule has 0 aromatic carbocycles. The van der Waals surface area contributed by atoms with Gasteiger partial charge in [-0.25, -0.2) is 0 Å². The maximum absolute atomic E-state index is 6.52. The number of rotatable bonds is 33. The van der Waals surface area contributed by atoms with Gasteiger partial charge in [0.2, 0.25) is 0 Å². The molecule has 0 amide bonds. The Morgan fingerprint density at radius 1 is 0.694 bits per heavy atom. The number of nitrogens with zero attached hydrogens (tertiary/aromatic N) is 1. The van der Waals surface area contributed by atoms with Crippen LogP contribution in [0.15, 0.2) is 23.8 Å². The summed E-state index contributed by atoms with van der Waals surface area (Å²) >= 11 is 0. The van der Waals surface area contributed by atoms with Crippen molar-refractivity contribution in [1.29, 1.82) is 0 Å². The number of ether oxygens (including phenoxy) is 4. The molecule has 0 spiro atoms. The fraction of sp³-hybridized carbons (Fsp3) is 0.930. The molecule has 0 N–H and O–H groups in total. The van der Waals surface area contributed by atoms with Gasteiger partial charge in [-0.2, -0.15) is 0 Å². The van der Waals surface area contributed by atoms with Crippen molar-refractivity contribution in [2.45, 2.75) is 239 Å². The number of hydrogen-bond acceptors (Lipinski definition) is 5. The summed E-state index contributed by atoms with van der Waals surface area (Å²) in [4.78, 5) is 2.61. The lowest BCUT2D eigenvalue weighted by molar-refractivity contribution is -0.0710. The Labute approximate surface area is 385 Å². The van der Waals surface area contributed by atoms with E-state index in [4.69, 9.17) is 18.9 Å². The largest absolute Gasteiger partial charge is 0.379 e. The Kier molecular flexibility index (Phi) is 25.1. The van der Waals surface area contributed by atoms with Crippen LogP contribution in [0.3, 0.4) is 0 Å². The Morgan fingerprint density at radius 3 is 2.15 bits per heavy atom. The number of likely N-dealkylation sites (tertiary alicyclic amines) is 1. The molecular weight excluding hydrogens is 763 g/mol. The standard InChI is InChI=1S/C57H103NO4/c1-6-7-8-9-10-11-12-13-14-15-16-17-18-19-22-27-40-60-47-52(46-58-38-25-20-21-26-39-58)62-44-42-59-41-43-61-51-34-36-57(5)50(45-51)30-32-53-54-33-31-49(29-24-23-28-48(2)3)56(54,4)37-35-55(53)57/h13-14,30,48-49,51-55H,6-12,15-29,31-47H2,1-5H3/b14-13-/t49?,51?,52?,53?,54?,55-,56+,57?/m0/s1. The van der Waals surface area contributed by atoms with Gasteiger partial charge in [-0.1, -0.05) is 148 Å². The van der Waals surface area contributed by atoms with Crippen molar-refractivity contribution in [3.8, 4) is 0 Å². The van der Waals surface area contributed by atoms with Crippen molar-refractivity contribution in [3.05, 3.63) is 23.8 Å². The smallest absolute Gasteiger partial charge is 0.0936 e. The maximum Gasteiger partial charge on any atom is 0.0936 e. The zero-order valence-corrected chi connectivity index (χ0v) is 41.9. The molecule has 4 fully saturated rings.